The minimum absolute atomic E-state index is 0.0954. The third-order valence-corrected chi connectivity index (χ3v) is 5.21. The molecule has 1 aromatic heterocycles. The van der Waals surface area contributed by atoms with Gasteiger partial charge in [0.2, 0.25) is 0 Å². The SMILES string of the molecule is COc1cc2c(cc1NC(=O)COc1ccc(C(C)C)c(C)c1)oc1ccccc12. The summed E-state index contributed by atoms with van der Waals surface area (Å²) in [6.07, 6.45) is 0. The number of aryl methyl sites for hydroxylation is 1. The molecule has 0 aliphatic heterocycles. The lowest BCUT2D eigenvalue weighted by Gasteiger charge is -2.13. The molecule has 5 nitrogen and oxygen atoms in total. The lowest BCUT2D eigenvalue weighted by Crippen LogP contribution is -2.20. The van der Waals surface area contributed by atoms with E-state index in [1.807, 2.05) is 48.5 Å². The Bertz CT molecular complexity index is 1220. The lowest BCUT2D eigenvalue weighted by molar-refractivity contribution is -0.118. The summed E-state index contributed by atoms with van der Waals surface area (Å²) >= 11 is 0. The van der Waals surface area contributed by atoms with Crippen LogP contribution >= 0.6 is 0 Å². The second-order valence-electron chi connectivity index (χ2n) is 7.66. The van der Waals surface area contributed by atoms with Crippen molar-refractivity contribution in [2.75, 3.05) is 19.0 Å². The second-order valence-corrected chi connectivity index (χ2v) is 7.66. The normalized spacial score (nSPS) is 11.2. The Morgan fingerprint density at radius 2 is 1.83 bits per heavy atom. The maximum atomic E-state index is 12.5. The van der Waals surface area contributed by atoms with Crippen LogP contribution in [0.1, 0.15) is 30.9 Å². The summed E-state index contributed by atoms with van der Waals surface area (Å²) in [5, 5.41) is 4.81. The molecule has 0 spiro atoms. The van der Waals surface area contributed by atoms with E-state index in [2.05, 4.69) is 26.1 Å². The van der Waals surface area contributed by atoms with Gasteiger partial charge in [0.1, 0.15) is 22.7 Å². The van der Waals surface area contributed by atoms with Crippen LogP contribution in [0.15, 0.2) is 59.0 Å². The van der Waals surface area contributed by atoms with Gasteiger partial charge in [-0.2, -0.15) is 0 Å². The van der Waals surface area contributed by atoms with Crippen LogP contribution < -0.4 is 14.8 Å². The number of furan rings is 1. The van der Waals surface area contributed by atoms with Gasteiger partial charge >= 0.3 is 0 Å². The van der Waals surface area contributed by atoms with Crippen molar-refractivity contribution in [1.82, 2.24) is 0 Å². The van der Waals surface area contributed by atoms with Crippen LogP contribution in [0.25, 0.3) is 21.9 Å². The molecule has 0 fully saturated rings. The Morgan fingerprint density at radius 3 is 2.57 bits per heavy atom. The number of anilines is 1. The van der Waals surface area contributed by atoms with Crippen molar-refractivity contribution < 1.29 is 18.7 Å². The van der Waals surface area contributed by atoms with Crippen LogP contribution in [-0.4, -0.2) is 19.6 Å². The molecule has 5 heteroatoms. The summed E-state index contributed by atoms with van der Waals surface area (Å²) in [5.74, 6) is 1.42. The molecular formula is C25H25NO4. The van der Waals surface area contributed by atoms with E-state index in [4.69, 9.17) is 13.9 Å². The largest absolute Gasteiger partial charge is 0.495 e. The molecule has 0 bridgehead atoms. The van der Waals surface area contributed by atoms with Gasteiger partial charge < -0.3 is 19.2 Å². The number of rotatable bonds is 6. The van der Waals surface area contributed by atoms with E-state index < -0.39 is 0 Å². The zero-order chi connectivity index (χ0) is 21.3. The topological polar surface area (TPSA) is 60.7 Å². The zero-order valence-electron chi connectivity index (χ0n) is 17.6. The molecule has 30 heavy (non-hydrogen) atoms. The van der Waals surface area contributed by atoms with Crippen molar-refractivity contribution in [2.24, 2.45) is 0 Å². The number of ether oxygens (including phenoxy) is 2. The number of hydrogen-bond acceptors (Lipinski definition) is 4. The highest BCUT2D eigenvalue weighted by atomic mass is 16.5. The summed E-state index contributed by atoms with van der Waals surface area (Å²) in [5.41, 5.74) is 4.45. The fourth-order valence-corrected chi connectivity index (χ4v) is 3.74. The number of hydrogen-bond donors (Lipinski definition) is 1. The first kappa shape index (κ1) is 19.8. The smallest absolute Gasteiger partial charge is 0.262 e. The van der Waals surface area contributed by atoms with Gasteiger partial charge in [0.25, 0.3) is 5.91 Å². The summed E-state index contributed by atoms with van der Waals surface area (Å²) in [4.78, 5) is 12.5. The predicted molar refractivity (Wildman–Crippen MR) is 120 cm³/mol. The van der Waals surface area contributed by atoms with E-state index in [1.165, 1.54) is 5.56 Å². The van der Waals surface area contributed by atoms with Gasteiger partial charge in [0, 0.05) is 16.8 Å². The average molecular weight is 403 g/mol. The first-order chi connectivity index (χ1) is 14.5. The monoisotopic (exact) mass is 403 g/mol. The van der Waals surface area contributed by atoms with E-state index in [9.17, 15) is 4.79 Å². The number of para-hydroxylation sites is 1. The van der Waals surface area contributed by atoms with Crippen LogP contribution in [0, 0.1) is 6.92 Å². The van der Waals surface area contributed by atoms with Crippen molar-refractivity contribution in [3.63, 3.8) is 0 Å². The summed E-state index contributed by atoms with van der Waals surface area (Å²) in [6, 6.07) is 17.4. The number of methoxy groups -OCH3 is 1. The van der Waals surface area contributed by atoms with Crippen LogP contribution in [0.5, 0.6) is 11.5 Å². The highest BCUT2D eigenvalue weighted by molar-refractivity contribution is 6.07. The van der Waals surface area contributed by atoms with E-state index >= 15 is 0 Å². The fraction of sp³-hybridized carbons (Fsp3) is 0.240. The third kappa shape index (κ3) is 3.83. The minimum Gasteiger partial charge on any atom is -0.495 e. The molecule has 0 atom stereocenters. The number of carbonyl (C=O) groups is 1. The standard InChI is InChI=1S/C25H25NO4/c1-15(2)18-10-9-17(11-16(18)3)29-14-25(27)26-21-13-23-20(12-24(21)28-4)19-7-5-6-8-22(19)30-23/h5-13,15H,14H2,1-4H3,(H,26,27). The Morgan fingerprint density at radius 1 is 1.03 bits per heavy atom. The van der Waals surface area contributed by atoms with Crippen molar-refractivity contribution in [2.45, 2.75) is 26.7 Å². The fourth-order valence-electron chi connectivity index (χ4n) is 3.74. The molecular weight excluding hydrogens is 378 g/mol. The predicted octanol–water partition coefficient (Wildman–Crippen LogP) is 6.04. The summed E-state index contributed by atoms with van der Waals surface area (Å²) < 4.78 is 17.1. The molecule has 3 aromatic carbocycles. The Labute approximate surface area is 175 Å². The molecule has 154 valence electrons. The Kier molecular flexibility index (Phi) is 5.36. The molecule has 1 N–H and O–H groups in total. The molecule has 4 aromatic rings. The van der Waals surface area contributed by atoms with Crippen molar-refractivity contribution >= 4 is 33.5 Å². The highest BCUT2D eigenvalue weighted by Crippen LogP contribution is 2.36. The summed E-state index contributed by atoms with van der Waals surface area (Å²) in [6.45, 7) is 6.27. The van der Waals surface area contributed by atoms with Crippen molar-refractivity contribution in [3.05, 3.63) is 65.7 Å². The Balaban J connectivity index is 1.51. The van der Waals surface area contributed by atoms with E-state index in [-0.39, 0.29) is 12.5 Å². The van der Waals surface area contributed by atoms with E-state index in [0.717, 1.165) is 21.9 Å². The molecule has 0 aliphatic carbocycles. The number of nitrogens with one attached hydrogen (secondary N) is 1. The second kappa shape index (κ2) is 8.11. The van der Waals surface area contributed by atoms with Crippen LogP contribution in [0.3, 0.4) is 0 Å². The Hall–Kier alpha value is -3.47. The third-order valence-electron chi connectivity index (χ3n) is 5.21. The van der Waals surface area contributed by atoms with Crippen LogP contribution in [0.4, 0.5) is 5.69 Å². The zero-order valence-corrected chi connectivity index (χ0v) is 17.6. The molecule has 0 radical (unpaired) electrons. The number of benzene rings is 3. The number of amides is 1. The molecule has 0 saturated heterocycles. The first-order valence-electron chi connectivity index (χ1n) is 9.98. The lowest BCUT2D eigenvalue weighted by atomic mass is 9.98. The average Bonchev–Trinajstić information content (AvgIpc) is 3.08. The van der Waals surface area contributed by atoms with Gasteiger partial charge in [-0.05, 0) is 48.2 Å². The molecule has 1 heterocycles. The highest BCUT2D eigenvalue weighted by Gasteiger charge is 2.14. The molecule has 1 amide bonds. The summed E-state index contributed by atoms with van der Waals surface area (Å²) in [7, 11) is 1.58. The van der Waals surface area contributed by atoms with Crippen LogP contribution in [-0.2, 0) is 4.79 Å². The van der Waals surface area contributed by atoms with E-state index in [0.29, 0.717) is 28.7 Å². The van der Waals surface area contributed by atoms with Gasteiger partial charge in [-0.15, -0.1) is 0 Å². The van der Waals surface area contributed by atoms with Gasteiger partial charge in [0.15, 0.2) is 6.61 Å². The maximum Gasteiger partial charge on any atom is 0.262 e. The number of fused-ring (bicyclic) bond motifs is 3. The van der Waals surface area contributed by atoms with Crippen molar-refractivity contribution in [1.29, 1.82) is 0 Å². The molecule has 0 aliphatic rings. The van der Waals surface area contributed by atoms with E-state index in [1.54, 1.807) is 13.2 Å². The van der Waals surface area contributed by atoms with Gasteiger partial charge in [-0.3, -0.25) is 4.79 Å². The quantitative estimate of drug-likeness (QED) is 0.426. The van der Waals surface area contributed by atoms with Crippen molar-refractivity contribution in [3.8, 4) is 11.5 Å². The van der Waals surface area contributed by atoms with Gasteiger partial charge in [-0.25, -0.2) is 0 Å². The molecule has 0 saturated carbocycles. The van der Waals surface area contributed by atoms with Crippen LogP contribution in [0.2, 0.25) is 0 Å². The van der Waals surface area contributed by atoms with Gasteiger partial charge in [-0.1, -0.05) is 38.1 Å². The minimum atomic E-state index is -0.269. The number of carbonyl (C=O) groups excluding carboxylic acids is 1. The van der Waals surface area contributed by atoms with Gasteiger partial charge in [0.05, 0.1) is 12.8 Å². The molecule has 4 rings (SSSR count). The first-order valence-corrected chi connectivity index (χ1v) is 9.98. The maximum absolute atomic E-state index is 12.5. The molecule has 0 unspecified atom stereocenters.